The summed E-state index contributed by atoms with van der Waals surface area (Å²) in [5, 5.41) is 4.19. The van der Waals surface area contributed by atoms with E-state index in [0.717, 1.165) is 17.1 Å². The number of nitrogens with one attached hydrogen (secondary N) is 1. The Labute approximate surface area is 145 Å². The quantitative estimate of drug-likeness (QED) is 0.762. The summed E-state index contributed by atoms with van der Waals surface area (Å²) in [6, 6.07) is 15.0. The predicted octanol–water partition coefficient (Wildman–Crippen LogP) is 4.21. The van der Waals surface area contributed by atoms with E-state index in [4.69, 9.17) is 11.6 Å². The molecule has 1 aromatic heterocycles. The summed E-state index contributed by atoms with van der Waals surface area (Å²) < 4.78 is 1.90. The topological polar surface area (TPSA) is 46.9 Å². The number of imidazole rings is 1. The van der Waals surface area contributed by atoms with Crippen molar-refractivity contribution in [3.63, 3.8) is 0 Å². The molecule has 2 atom stereocenters. The van der Waals surface area contributed by atoms with Crippen molar-refractivity contribution in [1.29, 1.82) is 0 Å². The number of rotatable bonds is 2. The molecule has 1 aliphatic heterocycles. The van der Waals surface area contributed by atoms with Gasteiger partial charge in [-0.25, -0.2) is 4.98 Å². The zero-order chi connectivity index (χ0) is 16.7. The van der Waals surface area contributed by atoms with E-state index >= 15 is 0 Å². The number of para-hydroxylation sites is 1. The first kappa shape index (κ1) is 15.0. The Kier molecular flexibility index (Phi) is 3.62. The molecule has 0 radical (unpaired) electrons. The van der Waals surface area contributed by atoms with Gasteiger partial charge >= 0.3 is 0 Å². The molecular formula is C19H16ClN3O. The minimum absolute atomic E-state index is 0.0820. The predicted molar refractivity (Wildman–Crippen MR) is 94.5 cm³/mol. The first-order valence-corrected chi connectivity index (χ1v) is 8.15. The number of aryl methyl sites for hydroxylation is 1. The lowest BCUT2D eigenvalue weighted by Crippen LogP contribution is -2.33. The monoisotopic (exact) mass is 337 g/mol. The smallest absolute Gasteiger partial charge is 0.177 e. The van der Waals surface area contributed by atoms with Gasteiger partial charge in [-0.3, -0.25) is 4.79 Å². The lowest BCUT2D eigenvalue weighted by Gasteiger charge is -2.33. The number of benzene rings is 2. The fraction of sp³-hybridized carbons (Fsp3) is 0.158. The van der Waals surface area contributed by atoms with Gasteiger partial charge in [-0.05, 0) is 29.8 Å². The van der Waals surface area contributed by atoms with Crippen molar-refractivity contribution in [2.75, 3.05) is 5.32 Å². The number of nitrogens with zero attached hydrogens (tertiary/aromatic N) is 2. The maximum atomic E-state index is 13.2. The highest BCUT2D eigenvalue weighted by Crippen LogP contribution is 2.41. The van der Waals surface area contributed by atoms with Crippen LogP contribution in [0, 0.1) is 0 Å². The van der Waals surface area contributed by atoms with Crippen molar-refractivity contribution in [1.82, 2.24) is 9.55 Å². The Morgan fingerprint density at radius 2 is 1.88 bits per heavy atom. The molecule has 1 N–H and O–H groups in total. The molecule has 24 heavy (non-hydrogen) atoms. The first-order chi connectivity index (χ1) is 11.6. The summed E-state index contributed by atoms with van der Waals surface area (Å²) in [4.78, 5) is 17.6. The minimum atomic E-state index is -0.388. The normalized spacial score (nSPS) is 19.7. The lowest BCUT2D eigenvalue weighted by molar-refractivity contribution is 0.0939. The van der Waals surface area contributed by atoms with E-state index in [1.165, 1.54) is 0 Å². The van der Waals surface area contributed by atoms with Gasteiger partial charge in [0.2, 0.25) is 0 Å². The number of ketones is 1. The standard InChI is InChI=1S/C19H16ClN3O/c1-23-11-10-21-19(23)16-17(12-6-8-13(20)9-7-12)22-15-5-3-2-4-14(15)18(16)24/h2-11,16-17,22H,1H3. The molecule has 0 saturated heterocycles. The average Bonchev–Trinajstić information content (AvgIpc) is 3.01. The van der Waals surface area contributed by atoms with Crippen molar-refractivity contribution in [3.8, 4) is 0 Å². The molecule has 0 bridgehead atoms. The zero-order valence-corrected chi connectivity index (χ0v) is 13.9. The van der Waals surface area contributed by atoms with Crippen molar-refractivity contribution >= 4 is 23.1 Å². The summed E-state index contributed by atoms with van der Waals surface area (Å²) in [5.41, 5.74) is 2.57. The fourth-order valence-electron chi connectivity index (χ4n) is 3.28. The highest BCUT2D eigenvalue weighted by atomic mass is 35.5. The van der Waals surface area contributed by atoms with Crippen LogP contribution in [0.25, 0.3) is 0 Å². The molecule has 5 heteroatoms. The van der Waals surface area contributed by atoms with Gasteiger partial charge in [-0.2, -0.15) is 0 Å². The van der Waals surface area contributed by atoms with Gasteiger partial charge in [0.25, 0.3) is 0 Å². The summed E-state index contributed by atoms with van der Waals surface area (Å²) in [6.45, 7) is 0. The lowest BCUT2D eigenvalue weighted by atomic mass is 9.82. The molecule has 1 aliphatic rings. The number of halogens is 1. The van der Waals surface area contributed by atoms with Gasteiger partial charge in [0.1, 0.15) is 11.7 Å². The van der Waals surface area contributed by atoms with Crippen LogP contribution in [-0.4, -0.2) is 15.3 Å². The van der Waals surface area contributed by atoms with Crippen LogP contribution < -0.4 is 5.32 Å². The van der Waals surface area contributed by atoms with Gasteiger partial charge in [0, 0.05) is 35.7 Å². The maximum absolute atomic E-state index is 13.2. The third-order valence-electron chi connectivity index (χ3n) is 4.49. The second kappa shape index (κ2) is 5.80. The van der Waals surface area contributed by atoms with Crippen LogP contribution in [0.1, 0.15) is 33.7 Å². The molecule has 3 aromatic rings. The van der Waals surface area contributed by atoms with E-state index in [-0.39, 0.29) is 17.7 Å². The zero-order valence-electron chi connectivity index (χ0n) is 13.1. The van der Waals surface area contributed by atoms with Crippen molar-refractivity contribution in [2.45, 2.75) is 12.0 Å². The number of carbonyl (C=O) groups is 1. The van der Waals surface area contributed by atoms with E-state index in [2.05, 4.69) is 10.3 Å². The molecule has 0 aliphatic carbocycles. The van der Waals surface area contributed by atoms with Gasteiger partial charge in [0.15, 0.2) is 5.78 Å². The molecule has 2 unspecified atom stereocenters. The average molecular weight is 338 g/mol. The van der Waals surface area contributed by atoms with Crippen molar-refractivity contribution in [3.05, 3.63) is 82.9 Å². The highest BCUT2D eigenvalue weighted by molar-refractivity contribution is 6.30. The minimum Gasteiger partial charge on any atom is -0.376 e. The van der Waals surface area contributed by atoms with Crippen LogP contribution in [0.5, 0.6) is 0 Å². The Hall–Kier alpha value is -2.59. The van der Waals surface area contributed by atoms with Crippen LogP contribution in [0.3, 0.4) is 0 Å². The van der Waals surface area contributed by atoms with E-state index < -0.39 is 0 Å². The Bertz CT molecular complexity index is 901. The number of anilines is 1. The Balaban J connectivity index is 1.87. The molecule has 0 saturated carbocycles. The summed E-state index contributed by atoms with van der Waals surface area (Å²) in [7, 11) is 1.91. The molecule has 4 rings (SSSR count). The second-order valence-electron chi connectivity index (χ2n) is 5.96. The van der Waals surface area contributed by atoms with Crippen LogP contribution in [0.2, 0.25) is 5.02 Å². The summed E-state index contributed by atoms with van der Waals surface area (Å²) >= 11 is 6.02. The molecule has 0 amide bonds. The maximum Gasteiger partial charge on any atom is 0.177 e. The van der Waals surface area contributed by atoms with Crippen molar-refractivity contribution in [2.24, 2.45) is 7.05 Å². The molecule has 0 spiro atoms. The number of fused-ring (bicyclic) bond motifs is 1. The first-order valence-electron chi connectivity index (χ1n) is 7.77. The molecular weight excluding hydrogens is 322 g/mol. The number of aromatic nitrogens is 2. The van der Waals surface area contributed by atoms with E-state index in [1.54, 1.807) is 6.20 Å². The molecule has 2 aromatic carbocycles. The summed E-state index contributed by atoms with van der Waals surface area (Å²) in [5.74, 6) is 0.446. The van der Waals surface area contributed by atoms with Crippen LogP contribution >= 0.6 is 11.6 Å². The molecule has 0 fully saturated rings. The fourth-order valence-corrected chi connectivity index (χ4v) is 3.41. The largest absolute Gasteiger partial charge is 0.376 e. The van der Waals surface area contributed by atoms with Gasteiger partial charge < -0.3 is 9.88 Å². The number of hydrogen-bond donors (Lipinski definition) is 1. The van der Waals surface area contributed by atoms with E-state index in [0.29, 0.717) is 10.6 Å². The SMILES string of the molecule is Cn1ccnc1C1C(=O)c2ccccc2NC1c1ccc(Cl)cc1. The number of Topliss-reactive ketones (excluding diaryl/α,β-unsaturated/α-hetero) is 1. The van der Waals surface area contributed by atoms with Crippen LogP contribution in [0.4, 0.5) is 5.69 Å². The van der Waals surface area contributed by atoms with E-state index in [1.807, 2.05) is 66.3 Å². The Morgan fingerprint density at radius 3 is 2.58 bits per heavy atom. The van der Waals surface area contributed by atoms with Gasteiger partial charge in [-0.15, -0.1) is 0 Å². The number of hydrogen-bond acceptors (Lipinski definition) is 3. The van der Waals surface area contributed by atoms with E-state index in [9.17, 15) is 4.79 Å². The molecule has 2 heterocycles. The third kappa shape index (κ3) is 2.39. The summed E-state index contributed by atoms with van der Waals surface area (Å²) in [6.07, 6.45) is 3.59. The van der Waals surface area contributed by atoms with Gasteiger partial charge in [0.05, 0.1) is 6.04 Å². The molecule has 4 nitrogen and oxygen atoms in total. The second-order valence-corrected chi connectivity index (χ2v) is 6.39. The van der Waals surface area contributed by atoms with Crippen LogP contribution in [-0.2, 0) is 7.05 Å². The highest BCUT2D eigenvalue weighted by Gasteiger charge is 2.39. The van der Waals surface area contributed by atoms with Gasteiger partial charge in [-0.1, -0.05) is 35.9 Å². The van der Waals surface area contributed by atoms with Crippen molar-refractivity contribution < 1.29 is 4.79 Å². The number of carbonyl (C=O) groups excluding carboxylic acids is 1. The van der Waals surface area contributed by atoms with Crippen LogP contribution in [0.15, 0.2) is 60.9 Å². The third-order valence-corrected chi connectivity index (χ3v) is 4.74. The molecule has 120 valence electrons. The Morgan fingerprint density at radius 1 is 1.12 bits per heavy atom.